The van der Waals surface area contributed by atoms with Gasteiger partial charge in [0, 0.05) is 0 Å². The van der Waals surface area contributed by atoms with Crippen LogP contribution in [0.1, 0.15) is 36.5 Å². The second-order valence-electron chi connectivity index (χ2n) is 3.66. The van der Waals surface area contributed by atoms with Crippen molar-refractivity contribution in [3.05, 3.63) is 27.9 Å². The van der Waals surface area contributed by atoms with Crippen LogP contribution >= 0.6 is 0 Å². The first kappa shape index (κ1) is 13.9. The Kier molecular flexibility index (Phi) is 5.04. The van der Waals surface area contributed by atoms with Gasteiger partial charge in [0.25, 0.3) is 0 Å². The molecule has 0 spiro atoms. The zero-order chi connectivity index (χ0) is 13.5. The predicted octanol–water partition coefficient (Wildman–Crippen LogP) is 2.26. The van der Waals surface area contributed by atoms with E-state index < -0.39 is 16.7 Å². The van der Waals surface area contributed by atoms with Gasteiger partial charge in [0.1, 0.15) is 5.56 Å². The van der Waals surface area contributed by atoms with Crippen molar-refractivity contribution in [3.8, 4) is 5.75 Å². The Bertz CT molecular complexity index is 447. The molecule has 0 aromatic carbocycles. The van der Waals surface area contributed by atoms with Crippen molar-refractivity contribution in [3.63, 3.8) is 0 Å². The van der Waals surface area contributed by atoms with Crippen molar-refractivity contribution >= 4 is 11.8 Å². The molecule has 18 heavy (non-hydrogen) atoms. The summed E-state index contributed by atoms with van der Waals surface area (Å²) in [6.45, 7) is 2.41. The van der Waals surface area contributed by atoms with E-state index in [1.165, 1.54) is 0 Å². The van der Waals surface area contributed by atoms with Gasteiger partial charge in [-0.15, -0.1) is 0 Å². The van der Waals surface area contributed by atoms with E-state index in [0.29, 0.717) is 6.61 Å². The Labute approximate surface area is 104 Å². The van der Waals surface area contributed by atoms with Crippen molar-refractivity contribution < 1.29 is 19.6 Å². The number of hydrogen-bond donors (Lipinski definition) is 1. The van der Waals surface area contributed by atoms with Gasteiger partial charge in [-0.1, -0.05) is 19.8 Å². The van der Waals surface area contributed by atoms with E-state index in [-0.39, 0.29) is 11.3 Å². The molecule has 1 N–H and O–H groups in total. The van der Waals surface area contributed by atoms with Crippen LogP contribution in [-0.4, -0.2) is 27.6 Å². The highest BCUT2D eigenvalue weighted by Crippen LogP contribution is 2.21. The third kappa shape index (κ3) is 3.69. The minimum Gasteiger partial charge on any atom is -0.489 e. The summed E-state index contributed by atoms with van der Waals surface area (Å²) in [4.78, 5) is 24.2. The first-order valence-corrected chi connectivity index (χ1v) is 5.56. The predicted molar refractivity (Wildman–Crippen MR) is 62.9 cm³/mol. The van der Waals surface area contributed by atoms with Crippen LogP contribution < -0.4 is 4.74 Å². The zero-order valence-corrected chi connectivity index (χ0v) is 9.96. The number of carboxylic acids is 1. The lowest BCUT2D eigenvalue weighted by molar-refractivity contribution is -0.389. The van der Waals surface area contributed by atoms with Gasteiger partial charge in [-0.25, -0.2) is 4.79 Å². The van der Waals surface area contributed by atoms with Gasteiger partial charge in [0.2, 0.25) is 0 Å². The normalized spacial score (nSPS) is 10.1. The number of nitro groups is 1. The van der Waals surface area contributed by atoms with Crippen molar-refractivity contribution in [2.45, 2.75) is 26.2 Å². The minimum absolute atomic E-state index is 0.0594. The lowest BCUT2D eigenvalue weighted by Crippen LogP contribution is -2.06. The van der Waals surface area contributed by atoms with E-state index in [1.54, 1.807) is 0 Å². The third-order valence-corrected chi connectivity index (χ3v) is 2.28. The number of pyridine rings is 1. The SMILES string of the molecule is CCCCCOc1cnc([N+](=O)[O-])cc1C(=O)O. The van der Waals surface area contributed by atoms with Gasteiger partial charge in [-0.3, -0.25) is 0 Å². The molecule has 1 aromatic rings. The molecule has 0 aliphatic rings. The Hall–Kier alpha value is -2.18. The molecule has 1 aromatic heterocycles. The van der Waals surface area contributed by atoms with Crippen LogP contribution in [0, 0.1) is 10.1 Å². The number of rotatable bonds is 7. The summed E-state index contributed by atoms with van der Waals surface area (Å²) >= 11 is 0. The number of aromatic nitrogens is 1. The summed E-state index contributed by atoms with van der Waals surface area (Å²) in [5.41, 5.74) is -0.242. The van der Waals surface area contributed by atoms with Crippen LogP contribution in [0.4, 0.5) is 5.82 Å². The molecule has 0 radical (unpaired) electrons. The van der Waals surface area contributed by atoms with Gasteiger partial charge < -0.3 is 20.0 Å². The topological polar surface area (TPSA) is 103 Å². The van der Waals surface area contributed by atoms with Crippen LogP contribution in [0.3, 0.4) is 0 Å². The molecule has 98 valence electrons. The molecule has 0 amide bonds. The molecule has 0 fully saturated rings. The van der Waals surface area contributed by atoms with Crippen molar-refractivity contribution in [2.24, 2.45) is 0 Å². The van der Waals surface area contributed by atoms with Crippen molar-refractivity contribution in [1.29, 1.82) is 0 Å². The molecule has 0 bridgehead atoms. The maximum Gasteiger partial charge on any atom is 0.364 e. The Morgan fingerprint density at radius 1 is 1.56 bits per heavy atom. The molecule has 1 heterocycles. The summed E-state index contributed by atoms with van der Waals surface area (Å²) in [6.07, 6.45) is 3.87. The summed E-state index contributed by atoms with van der Waals surface area (Å²) in [5.74, 6) is -1.72. The number of aromatic carboxylic acids is 1. The van der Waals surface area contributed by atoms with Crippen LogP contribution in [-0.2, 0) is 0 Å². The Morgan fingerprint density at radius 3 is 2.83 bits per heavy atom. The van der Waals surface area contributed by atoms with Crippen molar-refractivity contribution in [2.75, 3.05) is 6.61 Å². The fourth-order valence-electron chi connectivity index (χ4n) is 1.35. The standard InChI is InChI=1S/C11H14N2O5/c1-2-3-4-5-18-9-7-12-10(13(16)17)6-8(9)11(14)15/h6-7H,2-5H2,1H3,(H,14,15). The van der Waals surface area contributed by atoms with Crippen LogP contribution in [0.25, 0.3) is 0 Å². The van der Waals surface area contributed by atoms with Crippen LogP contribution in [0.5, 0.6) is 5.75 Å². The molecular weight excluding hydrogens is 240 g/mol. The molecule has 0 saturated carbocycles. The van der Waals surface area contributed by atoms with E-state index >= 15 is 0 Å². The average molecular weight is 254 g/mol. The number of unbranched alkanes of at least 4 members (excludes halogenated alkanes) is 2. The number of nitrogens with zero attached hydrogens (tertiary/aromatic N) is 2. The van der Waals surface area contributed by atoms with Crippen molar-refractivity contribution in [1.82, 2.24) is 4.98 Å². The highest BCUT2D eigenvalue weighted by Gasteiger charge is 2.19. The second kappa shape index (κ2) is 6.53. The van der Waals surface area contributed by atoms with E-state index in [2.05, 4.69) is 4.98 Å². The second-order valence-corrected chi connectivity index (χ2v) is 3.66. The van der Waals surface area contributed by atoms with Crippen LogP contribution in [0.2, 0.25) is 0 Å². The molecule has 0 unspecified atom stereocenters. The lowest BCUT2D eigenvalue weighted by atomic mass is 10.2. The van der Waals surface area contributed by atoms with Gasteiger partial charge in [-0.05, 0) is 16.3 Å². The van der Waals surface area contributed by atoms with E-state index in [1.807, 2.05) is 6.92 Å². The number of ether oxygens (including phenoxy) is 1. The molecule has 7 nitrogen and oxygen atoms in total. The molecular formula is C11H14N2O5. The smallest absolute Gasteiger partial charge is 0.364 e. The Balaban J connectivity index is 2.83. The van der Waals surface area contributed by atoms with Gasteiger partial charge in [-0.2, -0.15) is 0 Å². The molecule has 1 rings (SSSR count). The highest BCUT2D eigenvalue weighted by atomic mass is 16.6. The number of hydrogen-bond acceptors (Lipinski definition) is 5. The maximum atomic E-state index is 11.0. The quantitative estimate of drug-likeness (QED) is 0.454. The van der Waals surface area contributed by atoms with E-state index in [9.17, 15) is 14.9 Å². The first-order valence-electron chi connectivity index (χ1n) is 5.56. The van der Waals surface area contributed by atoms with Gasteiger partial charge in [0.05, 0.1) is 12.7 Å². The molecule has 0 aliphatic heterocycles. The van der Waals surface area contributed by atoms with Gasteiger partial charge >= 0.3 is 11.8 Å². The molecule has 7 heteroatoms. The lowest BCUT2D eigenvalue weighted by Gasteiger charge is -2.06. The number of carbonyl (C=O) groups is 1. The monoisotopic (exact) mass is 254 g/mol. The fourth-order valence-corrected chi connectivity index (χ4v) is 1.35. The largest absolute Gasteiger partial charge is 0.489 e. The molecule has 0 atom stereocenters. The summed E-state index contributed by atoms with van der Waals surface area (Å²) in [6, 6.07) is 0.900. The van der Waals surface area contributed by atoms with Gasteiger partial charge in [0.15, 0.2) is 11.9 Å². The summed E-state index contributed by atoms with van der Waals surface area (Å²) < 4.78 is 5.27. The average Bonchev–Trinajstić information content (AvgIpc) is 2.34. The highest BCUT2D eigenvalue weighted by molar-refractivity contribution is 5.91. The third-order valence-electron chi connectivity index (χ3n) is 2.28. The van der Waals surface area contributed by atoms with Crippen LogP contribution in [0.15, 0.2) is 12.3 Å². The molecule has 0 aliphatic carbocycles. The number of carboxylic acid groups (broad SMARTS) is 1. The maximum absolute atomic E-state index is 11.0. The first-order chi connectivity index (χ1) is 8.56. The summed E-state index contributed by atoms with van der Waals surface area (Å²) in [5, 5.41) is 19.4. The van der Waals surface area contributed by atoms with E-state index in [0.717, 1.165) is 31.5 Å². The fraction of sp³-hybridized carbons (Fsp3) is 0.455. The minimum atomic E-state index is -1.27. The summed E-state index contributed by atoms with van der Waals surface area (Å²) in [7, 11) is 0. The van der Waals surface area contributed by atoms with E-state index in [4.69, 9.17) is 9.84 Å². The molecule has 0 saturated heterocycles. The Morgan fingerprint density at radius 2 is 2.28 bits per heavy atom. The zero-order valence-electron chi connectivity index (χ0n) is 9.96.